The van der Waals surface area contributed by atoms with Crippen LogP contribution in [0.15, 0.2) is 18.2 Å². The maximum atomic E-state index is 13.8. The van der Waals surface area contributed by atoms with Crippen LogP contribution in [-0.2, 0) is 15.8 Å². The number of ether oxygens (including phenoxy) is 1. The number of amides is 1. The Hall–Kier alpha value is -2.50. The molecule has 0 aliphatic carbocycles. The second-order valence-electron chi connectivity index (χ2n) is 7.03. The van der Waals surface area contributed by atoms with Crippen molar-refractivity contribution in [1.29, 1.82) is 0 Å². The van der Waals surface area contributed by atoms with Crippen LogP contribution in [0.1, 0.15) is 18.2 Å². The fraction of sp³-hybridized carbons (Fsp3) is 0.333. The number of benzene rings is 1. The number of nitrogens with two attached hydrogens (primary N) is 2. The number of aromatic nitrogens is 1. The Kier molecular flexibility index (Phi) is 5.20. The number of fused-ring (bicyclic) bond motifs is 1. The number of carbonyl (C=O) groups excluding carboxylic acids is 1. The highest BCUT2D eigenvalue weighted by Gasteiger charge is 2.56. The Balaban J connectivity index is 2.41. The molecule has 30 heavy (non-hydrogen) atoms. The maximum absolute atomic E-state index is 13.8. The SMILES string of the molecule is C[C@]1(C(N)=O)COc2c1cc(C(O)(CN)C(F)(F)F)nc2-c1cc(F)c(F)cc1Cl. The standard InChI is InChI=1S/C18H15ClF5N3O3/c1-16(15(26)28)6-30-14-8(16)3-12(17(29,5-25)18(22,23)24)27-13(14)7-2-10(20)11(21)4-9(7)19/h2-4,29H,5-6,25H2,1H3,(H2,26,28)/t16-,17?/m0/s1. The first-order valence-electron chi connectivity index (χ1n) is 8.39. The van der Waals surface area contributed by atoms with Gasteiger partial charge in [0.2, 0.25) is 11.5 Å². The molecule has 0 radical (unpaired) electrons. The van der Waals surface area contributed by atoms with Gasteiger partial charge in [0.1, 0.15) is 23.5 Å². The number of rotatable bonds is 4. The van der Waals surface area contributed by atoms with Gasteiger partial charge in [-0.05, 0) is 25.1 Å². The molecule has 1 unspecified atom stereocenters. The van der Waals surface area contributed by atoms with E-state index in [0.29, 0.717) is 12.1 Å². The summed E-state index contributed by atoms with van der Waals surface area (Å²) in [6.45, 7) is -0.345. The van der Waals surface area contributed by atoms with Gasteiger partial charge >= 0.3 is 6.18 Å². The van der Waals surface area contributed by atoms with Gasteiger partial charge in [0.15, 0.2) is 11.6 Å². The minimum atomic E-state index is -5.25. The quantitative estimate of drug-likeness (QED) is 0.488. The number of halogens is 6. The summed E-state index contributed by atoms with van der Waals surface area (Å²) >= 11 is 5.96. The van der Waals surface area contributed by atoms with E-state index in [9.17, 15) is 31.9 Å². The van der Waals surface area contributed by atoms with Crippen molar-refractivity contribution in [1.82, 2.24) is 4.98 Å². The molecule has 6 nitrogen and oxygen atoms in total. The molecule has 162 valence electrons. The molecule has 0 saturated carbocycles. The predicted molar refractivity (Wildman–Crippen MR) is 95.6 cm³/mol. The van der Waals surface area contributed by atoms with Crippen molar-refractivity contribution >= 4 is 17.5 Å². The number of pyridine rings is 1. The summed E-state index contributed by atoms with van der Waals surface area (Å²) in [5.41, 5.74) is 3.53. The van der Waals surface area contributed by atoms with Crippen molar-refractivity contribution in [2.45, 2.75) is 24.1 Å². The lowest BCUT2D eigenvalue weighted by Crippen LogP contribution is -2.49. The highest BCUT2D eigenvalue weighted by atomic mass is 35.5. The molecule has 1 amide bonds. The van der Waals surface area contributed by atoms with Crippen LogP contribution in [0.25, 0.3) is 11.3 Å². The summed E-state index contributed by atoms with van der Waals surface area (Å²) in [6.07, 6.45) is -5.25. The average molecular weight is 452 g/mol. The third-order valence-corrected chi connectivity index (χ3v) is 5.38. The van der Waals surface area contributed by atoms with Gasteiger partial charge in [-0.3, -0.25) is 4.79 Å². The van der Waals surface area contributed by atoms with E-state index in [1.165, 1.54) is 6.92 Å². The molecule has 0 spiro atoms. The first-order chi connectivity index (χ1) is 13.8. The number of nitrogens with zero attached hydrogens (tertiary/aromatic N) is 1. The van der Waals surface area contributed by atoms with Crippen LogP contribution in [0.3, 0.4) is 0 Å². The van der Waals surface area contributed by atoms with Gasteiger partial charge in [-0.1, -0.05) is 11.6 Å². The second kappa shape index (κ2) is 7.03. The first-order valence-corrected chi connectivity index (χ1v) is 8.77. The van der Waals surface area contributed by atoms with E-state index in [2.05, 4.69) is 4.98 Å². The summed E-state index contributed by atoms with van der Waals surface area (Å²) in [5.74, 6) is -3.78. The Morgan fingerprint density at radius 1 is 1.30 bits per heavy atom. The van der Waals surface area contributed by atoms with Crippen molar-refractivity contribution in [2.75, 3.05) is 13.2 Å². The molecule has 1 aromatic heterocycles. The highest BCUT2D eigenvalue weighted by molar-refractivity contribution is 6.33. The lowest BCUT2D eigenvalue weighted by molar-refractivity contribution is -0.263. The monoisotopic (exact) mass is 451 g/mol. The molecular weight excluding hydrogens is 437 g/mol. The zero-order valence-electron chi connectivity index (χ0n) is 15.3. The van der Waals surface area contributed by atoms with E-state index in [1.54, 1.807) is 0 Å². The topological polar surface area (TPSA) is 111 Å². The van der Waals surface area contributed by atoms with Crippen molar-refractivity contribution in [3.05, 3.63) is 46.1 Å². The van der Waals surface area contributed by atoms with Crippen LogP contribution in [0, 0.1) is 11.6 Å². The second-order valence-corrected chi connectivity index (χ2v) is 7.43. The van der Waals surface area contributed by atoms with E-state index in [0.717, 1.165) is 6.07 Å². The third kappa shape index (κ3) is 3.17. The van der Waals surface area contributed by atoms with Gasteiger partial charge in [0.05, 0.1) is 10.7 Å². The van der Waals surface area contributed by atoms with E-state index >= 15 is 0 Å². The molecule has 1 aliphatic heterocycles. The zero-order chi connectivity index (χ0) is 22.6. The van der Waals surface area contributed by atoms with Crippen molar-refractivity contribution in [2.24, 2.45) is 11.5 Å². The van der Waals surface area contributed by atoms with Crippen LogP contribution in [0.2, 0.25) is 5.02 Å². The van der Waals surface area contributed by atoms with E-state index in [-0.39, 0.29) is 28.5 Å². The minimum Gasteiger partial charge on any atom is -0.489 e. The Labute approximate surface area is 171 Å². The maximum Gasteiger partial charge on any atom is 0.424 e. The molecule has 12 heteroatoms. The molecule has 2 aromatic rings. The molecule has 0 fully saturated rings. The largest absolute Gasteiger partial charge is 0.489 e. The summed E-state index contributed by atoms with van der Waals surface area (Å²) in [5, 5.41) is 9.88. The predicted octanol–water partition coefficient (Wildman–Crippen LogP) is 2.52. The Morgan fingerprint density at radius 2 is 1.90 bits per heavy atom. The molecule has 1 aliphatic rings. The highest BCUT2D eigenvalue weighted by Crippen LogP contribution is 2.48. The third-order valence-electron chi connectivity index (χ3n) is 5.07. The molecule has 2 atom stereocenters. The van der Waals surface area contributed by atoms with Crippen molar-refractivity contribution < 1.29 is 36.6 Å². The van der Waals surface area contributed by atoms with Crippen molar-refractivity contribution in [3.63, 3.8) is 0 Å². The first kappa shape index (κ1) is 22.2. The fourth-order valence-electron chi connectivity index (χ4n) is 3.05. The number of primary amides is 1. The van der Waals surface area contributed by atoms with Crippen LogP contribution in [-0.4, -0.2) is 35.3 Å². The molecule has 3 rings (SSSR count). The van der Waals surface area contributed by atoms with Crippen LogP contribution in [0.4, 0.5) is 22.0 Å². The van der Waals surface area contributed by atoms with E-state index in [4.69, 9.17) is 27.8 Å². The van der Waals surface area contributed by atoms with Gasteiger partial charge in [-0.15, -0.1) is 0 Å². The molecule has 0 bridgehead atoms. The normalized spacial score (nSPS) is 20.4. The smallest absolute Gasteiger partial charge is 0.424 e. The lowest BCUT2D eigenvalue weighted by atomic mass is 9.82. The van der Waals surface area contributed by atoms with Crippen LogP contribution >= 0.6 is 11.6 Å². The number of aliphatic hydroxyl groups is 1. The van der Waals surface area contributed by atoms with Gasteiger partial charge < -0.3 is 21.3 Å². The van der Waals surface area contributed by atoms with Crippen LogP contribution in [0.5, 0.6) is 5.75 Å². The minimum absolute atomic E-state index is 0.132. The summed E-state index contributed by atoms with van der Waals surface area (Å²) in [6, 6.07) is 2.03. The number of hydrogen-bond acceptors (Lipinski definition) is 5. The van der Waals surface area contributed by atoms with Gasteiger partial charge in [0, 0.05) is 17.7 Å². The molecule has 2 heterocycles. The summed E-state index contributed by atoms with van der Waals surface area (Å²) < 4.78 is 73.5. The molecule has 5 N–H and O–H groups in total. The van der Waals surface area contributed by atoms with E-state index in [1.807, 2.05) is 0 Å². The summed E-state index contributed by atoms with van der Waals surface area (Å²) in [7, 11) is 0. The lowest BCUT2D eigenvalue weighted by Gasteiger charge is -2.30. The van der Waals surface area contributed by atoms with Crippen LogP contribution < -0.4 is 16.2 Å². The summed E-state index contributed by atoms with van der Waals surface area (Å²) in [4.78, 5) is 15.8. The number of hydrogen-bond donors (Lipinski definition) is 3. The van der Waals surface area contributed by atoms with Gasteiger partial charge in [-0.2, -0.15) is 13.2 Å². The zero-order valence-corrected chi connectivity index (χ0v) is 16.0. The average Bonchev–Trinajstić information content (AvgIpc) is 3.01. The molecular formula is C18H15ClF5N3O3. The van der Waals surface area contributed by atoms with E-state index < -0.39 is 52.7 Å². The molecule has 1 aromatic carbocycles. The Bertz CT molecular complexity index is 1050. The fourth-order valence-corrected chi connectivity index (χ4v) is 3.29. The van der Waals surface area contributed by atoms with Gasteiger partial charge in [-0.25, -0.2) is 13.8 Å². The molecule has 0 saturated heterocycles. The number of alkyl halides is 3. The van der Waals surface area contributed by atoms with Gasteiger partial charge in [0.25, 0.3) is 0 Å². The van der Waals surface area contributed by atoms with Crippen molar-refractivity contribution in [3.8, 4) is 17.0 Å². The Morgan fingerprint density at radius 3 is 2.43 bits per heavy atom. The number of carbonyl (C=O) groups is 1.